The van der Waals surface area contributed by atoms with Gasteiger partial charge >= 0.3 is 0 Å². The maximum absolute atomic E-state index is 13.0. The molecule has 0 amide bonds. The lowest BCUT2D eigenvalue weighted by Gasteiger charge is -2.53. The SMILES string of the molecule is CCC(CC1=CCCC2C(CCC3(C)C(CC(C)=O)C(/C4=C/C(OC)C=C/C=C(/OC)C4)CC23)C1(C)C)OC1CC(O)[C@H](O[C@@H]2CC(O)[C@H](O)CC(CO)O2)C(CO)O1. The molecular formula is C47H74O12. The minimum Gasteiger partial charge on any atom is -0.501 e. The van der Waals surface area contributed by atoms with E-state index in [4.69, 9.17) is 28.4 Å². The van der Waals surface area contributed by atoms with E-state index in [1.807, 2.05) is 12.2 Å². The largest absolute Gasteiger partial charge is 0.501 e. The number of carbonyl (C=O) groups excluding carboxylic acids is 1. The third-order valence-electron chi connectivity index (χ3n) is 15.4. The molecule has 0 aromatic heterocycles. The molecule has 5 N–H and O–H groups in total. The van der Waals surface area contributed by atoms with Gasteiger partial charge in [-0.1, -0.05) is 63.1 Å². The maximum atomic E-state index is 13.0. The lowest BCUT2D eigenvalue weighted by Crippen LogP contribution is -2.54. The van der Waals surface area contributed by atoms with Crippen LogP contribution in [0.25, 0.3) is 0 Å². The Morgan fingerprint density at radius 3 is 2.37 bits per heavy atom. The van der Waals surface area contributed by atoms with Crippen LogP contribution >= 0.6 is 0 Å². The highest BCUT2D eigenvalue weighted by Gasteiger charge is 2.60. The summed E-state index contributed by atoms with van der Waals surface area (Å²) in [6.07, 6.45) is 11.1. The Balaban J connectivity index is 1.14. The molecule has 4 aliphatic carbocycles. The highest BCUT2D eigenvalue weighted by Crippen LogP contribution is 2.67. The van der Waals surface area contributed by atoms with E-state index in [1.54, 1.807) is 21.1 Å². The summed E-state index contributed by atoms with van der Waals surface area (Å²) in [7, 11) is 3.48. The van der Waals surface area contributed by atoms with Gasteiger partial charge in [-0.05, 0) is 98.4 Å². The fourth-order valence-electron chi connectivity index (χ4n) is 12.1. The molecule has 4 fully saturated rings. The van der Waals surface area contributed by atoms with Crippen LogP contribution in [0.5, 0.6) is 0 Å². The summed E-state index contributed by atoms with van der Waals surface area (Å²) >= 11 is 0. The second-order valence-corrected chi connectivity index (χ2v) is 19.2. The number of ketones is 1. The van der Waals surface area contributed by atoms with Crippen molar-refractivity contribution in [2.45, 2.75) is 173 Å². The van der Waals surface area contributed by atoms with E-state index in [2.05, 4.69) is 45.9 Å². The Morgan fingerprint density at radius 1 is 0.949 bits per heavy atom. The molecule has 6 aliphatic rings. The molecule has 16 atom stereocenters. The second kappa shape index (κ2) is 20.0. The monoisotopic (exact) mass is 831 g/mol. The van der Waals surface area contributed by atoms with Gasteiger partial charge in [-0.15, -0.1) is 0 Å². The number of ether oxygens (including phenoxy) is 6. The van der Waals surface area contributed by atoms with Crippen LogP contribution in [-0.4, -0.2) is 120 Å². The molecule has 12 nitrogen and oxygen atoms in total. The summed E-state index contributed by atoms with van der Waals surface area (Å²) in [5.41, 5.74) is 2.67. The Hall–Kier alpha value is -1.97. The van der Waals surface area contributed by atoms with Crippen LogP contribution in [0, 0.1) is 40.4 Å². The molecule has 2 saturated carbocycles. The van der Waals surface area contributed by atoms with Crippen molar-refractivity contribution in [2.24, 2.45) is 40.4 Å². The van der Waals surface area contributed by atoms with Crippen LogP contribution in [0.2, 0.25) is 0 Å². The summed E-state index contributed by atoms with van der Waals surface area (Å²) < 4.78 is 36.4. The van der Waals surface area contributed by atoms with Crippen LogP contribution < -0.4 is 0 Å². The molecule has 6 rings (SSSR count). The first-order chi connectivity index (χ1) is 28.1. The normalized spacial score (nSPS) is 43.6. The number of carbonyl (C=O) groups is 1. The van der Waals surface area contributed by atoms with Gasteiger partial charge in [0.2, 0.25) is 0 Å². The van der Waals surface area contributed by atoms with Crippen molar-refractivity contribution in [3.63, 3.8) is 0 Å². The highest BCUT2D eigenvalue weighted by atomic mass is 16.7. The minimum absolute atomic E-state index is 0.0413. The van der Waals surface area contributed by atoms with E-state index in [1.165, 1.54) is 11.1 Å². The van der Waals surface area contributed by atoms with Crippen molar-refractivity contribution in [3.8, 4) is 0 Å². The van der Waals surface area contributed by atoms with Crippen LogP contribution in [0.15, 0.2) is 47.3 Å². The zero-order valence-electron chi connectivity index (χ0n) is 36.5. The van der Waals surface area contributed by atoms with E-state index in [-0.39, 0.29) is 66.5 Å². The quantitative estimate of drug-likeness (QED) is 0.136. The Labute approximate surface area is 352 Å². The zero-order valence-corrected chi connectivity index (χ0v) is 36.5. The van der Waals surface area contributed by atoms with Crippen LogP contribution in [0.1, 0.15) is 112 Å². The number of hydrogen-bond acceptors (Lipinski definition) is 12. The van der Waals surface area contributed by atoms with Crippen LogP contribution in [-0.2, 0) is 33.2 Å². The lowest BCUT2D eigenvalue weighted by atomic mass is 9.52. The number of Topliss-reactive ketones (excluding diaryl/α,β-unsaturated/α-hetero) is 1. The van der Waals surface area contributed by atoms with E-state index >= 15 is 0 Å². The van der Waals surface area contributed by atoms with Crippen LogP contribution in [0.4, 0.5) is 0 Å². The van der Waals surface area contributed by atoms with Gasteiger partial charge in [0.1, 0.15) is 18.0 Å². The summed E-state index contributed by atoms with van der Waals surface area (Å²) in [4.78, 5) is 13.0. The summed E-state index contributed by atoms with van der Waals surface area (Å²) in [6, 6.07) is 0. The van der Waals surface area contributed by atoms with Crippen molar-refractivity contribution in [2.75, 3.05) is 27.4 Å². The van der Waals surface area contributed by atoms with Crippen LogP contribution in [0.3, 0.4) is 0 Å². The molecule has 0 radical (unpaired) electrons. The number of aliphatic hydroxyl groups excluding tert-OH is 5. The molecule has 334 valence electrons. The third-order valence-corrected chi connectivity index (χ3v) is 15.4. The zero-order chi connectivity index (χ0) is 42.6. The fourth-order valence-corrected chi connectivity index (χ4v) is 12.1. The Morgan fingerprint density at radius 2 is 1.69 bits per heavy atom. The second-order valence-electron chi connectivity index (χ2n) is 19.2. The number of rotatable bonds is 14. The van der Waals surface area contributed by atoms with Gasteiger partial charge in [0.15, 0.2) is 12.6 Å². The van der Waals surface area contributed by atoms with Gasteiger partial charge in [0, 0.05) is 39.2 Å². The number of aliphatic hydroxyl groups is 5. The standard InChI is InChI=1S/C47H74O12/c1-8-30(56-43-24-41(53)45(42(26-49)58-43)59-44-23-40(52)39(51)21-33(25-48)57-44)20-29-11-9-14-34-36(46(29,3)4)15-16-47(5)37(17-27(2)50)35(22-38(34)47)28-18-31(54-6)12-10-13-32(19-28)55-7/h10-13,18,30-31,33-45,48-49,51-53H,8-9,14-17,19-26H2,1-7H3/b12-10?,28-18+,32-13+/t30?,31?,33?,34?,35?,36?,37?,38?,39-,40?,41?,42?,43?,44-,45+,47?/m1/s1. The number of hydrogen-bond donors (Lipinski definition) is 5. The van der Waals surface area contributed by atoms with E-state index in [0.717, 1.165) is 57.1 Å². The summed E-state index contributed by atoms with van der Waals surface area (Å²) in [5.74, 6) is 3.16. The Bertz CT molecular complexity index is 1540. The summed E-state index contributed by atoms with van der Waals surface area (Å²) in [6.45, 7) is 10.4. The molecule has 2 heterocycles. The van der Waals surface area contributed by atoms with E-state index in [0.29, 0.717) is 24.2 Å². The first kappa shape index (κ1) is 46.5. The first-order valence-electron chi connectivity index (χ1n) is 22.4. The molecule has 2 aliphatic heterocycles. The molecule has 0 bridgehead atoms. The van der Waals surface area contributed by atoms with Gasteiger partial charge < -0.3 is 58.7 Å². The van der Waals surface area contributed by atoms with E-state index in [9.17, 15) is 30.3 Å². The molecular weight excluding hydrogens is 757 g/mol. The number of allylic oxidation sites excluding steroid dienone is 4. The topological polar surface area (TPSA) is 174 Å². The Kier molecular flexibility index (Phi) is 15.8. The fraction of sp³-hybridized carbons (Fsp3) is 0.809. The summed E-state index contributed by atoms with van der Waals surface area (Å²) in [5, 5.41) is 52.0. The highest BCUT2D eigenvalue weighted by molar-refractivity contribution is 5.76. The molecule has 59 heavy (non-hydrogen) atoms. The van der Waals surface area contributed by atoms with Gasteiger partial charge in [-0.25, -0.2) is 0 Å². The number of methoxy groups -OCH3 is 2. The average molecular weight is 831 g/mol. The van der Waals surface area contributed by atoms with Crippen molar-refractivity contribution in [1.29, 1.82) is 0 Å². The maximum Gasteiger partial charge on any atom is 0.161 e. The predicted octanol–water partition coefficient (Wildman–Crippen LogP) is 5.69. The van der Waals surface area contributed by atoms with Gasteiger partial charge in [-0.3, -0.25) is 0 Å². The molecule has 2 saturated heterocycles. The molecule has 0 spiro atoms. The van der Waals surface area contributed by atoms with Crippen molar-refractivity contribution >= 4 is 5.78 Å². The van der Waals surface area contributed by atoms with E-state index < -0.39 is 55.8 Å². The third kappa shape index (κ3) is 10.3. The van der Waals surface area contributed by atoms with Gasteiger partial charge in [-0.2, -0.15) is 0 Å². The van der Waals surface area contributed by atoms with Crippen molar-refractivity contribution < 1.29 is 58.7 Å². The molecule has 0 aromatic rings. The van der Waals surface area contributed by atoms with Crippen molar-refractivity contribution in [3.05, 3.63) is 47.3 Å². The smallest absolute Gasteiger partial charge is 0.161 e. The number of fused-ring (bicyclic) bond motifs is 3. The molecule has 0 aromatic carbocycles. The average Bonchev–Trinajstić information content (AvgIpc) is 3.30. The molecule has 12 heteroatoms. The minimum atomic E-state index is -1.13. The molecule has 13 unspecified atom stereocenters. The van der Waals surface area contributed by atoms with Crippen molar-refractivity contribution in [1.82, 2.24) is 0 Å². The first-order valence-corrected chi connectivity index (χ1v) is 22.4. The van der Waals surface area contributed by atoms with Gasteiger partial charge in [0.25, 0.3) is 0 Å². The lowest BCUT2D eigenvalue weighted by molar-refractivity contribution is -0.307. The predicted molar refractivity (Wildman–Crippen MR) is 222 cm³/mol. The van der Waals surface area contributed by atoms with Gasteiger partial charge in [0.05, 0.1) is 62.7 Å².